The predicted octanol–water partition coefficient (Wildman–Crippen LogP) is 7.53. The number of aliphatic hydroxyl groups is 3. The van der Waals surface area contributed by atoms with E-state index in [0.717, 1.165) is 83.0 Å². The summed E-state index contributed by atoms with van der Waals surface area (Å²) in [4.78, 5) is 49.6. The lowest BCUT2D eigenvalue weighted by molar-refractivity contribution is -0.281. The Morgan fingerprint density at radius 3 is 2.66 bits per heavy atom. The van der Waals surface area contributed by atoms with Gasteiger partial charge < -0.3 is 43.6 Å². The molecule has 4 N–H and O–H groups in total. The molecule has 5 bridgehead atoms. The summed E-state index contributed by atoms with van der Waals surface area (Å²) in [5.74, 6) is 0.316. The molecule has 16 aliphatic rings. The van der Waals surface area contributed by atoms with Crippen molar-refractivity contribution in [2.45, 2.75) is 177 Å². The van der Waals surface area contributed by atoms with Gasteiger partial charge in [-0.2, -0.15) is 0 Å². The minimum absolute atomic E-state index is 0.0536. The Hall–Kier alpha value is -3.33. The number of aliphatic hydroxyl groups excluding tert-OH is 3. The molecule has 0 amide bonds. The molecule has 13 heteroatoms. The summed E-state index contributed by atoms with van der Waals surface area (Å²) in [7, 11) is 0. The van der Waals surface area contributed by atoms with Crippen molar-refractivity contribution in [2.24, 2.45) is 104 Å². The molecule has 26 unspecified atom stereocenters. The summed E-state index contributed by atoms with van der Waals surface area (Å²) in [5.41, 5.74) is -5.32. The number of hydrogen-bond donors (Lipinski definition) is 4. The summed E-state index contributed by atoms with van der Waals surface area (Å²) in [5, 5.41) is 39.8. The van der Waals surface area contributed by atoms with Gasteiger partial charge in [0.1, 0.15) is 35.8 Å². The van der Waals surface area contributed by atoms with Gasteiger partial charge in [0.05, 0.1) is 48.5 Å². The molecule has 26 atom stereocenters. The molecule has 17 rings (SSSR count). The SMILES string of the molecule is CC1C2CCCCC2C=CC12CCCC13OC45C(=CC21)CC1CCCC12CC1CC6(C)C(c7ccoc7CC(C(O)CO)C7CCC8C(C=CN9CNCC89)C7)OC(=O)C7OC76C6(C)C(O)C(=O)C3C4(COC(=O)C25)C16. The molecule has 1 aromatic rings. The number of carbonyl (C=O) groups excluding carboxylic acids is 3. The average molecular weight is 1040 g/mol. The molecule has 1 aromatic heterocycles. The minimum Gasteiger partial charge on any atom is -0.469 e. The number of ketones is 1. The van der Waals surface area contributed by atoms with Crippen molar-refractivity contribution in [1.29, 1.82) is 0 Å². The first kappa shape index (κ1) is 47.5. The number of ether oxygens (including phenoxy) is 4. The lowest BCUT2D eigenvalue weighted by Gasteiger charge is -2.70. The van der Waals surface area contributed by atoms with Crippen LogP contribution in [-0.2, 0) is 39.8 Å². The topological polar surface area (TPSA) is 181 Å². The summed E-state index contributed by atoms with van der Waals surface area (Å²) in [6.07, 6.45) is 25.6. The molecule has 13 fully saturated rings. The van der Waals surface area contributed by atoms with Gasteiger partial charge in [0.25, 0.3) is 0 Å². The lowest BCUT2D eigenvalue weighted by atomic mass is 9.32. The number of epoxide rings is 1. The fourth-order valence-corrected chi connectivity index (χ4v) is 25.3. The van der Waals surface area contributed by atoms with Gasteiger partial charge in [-0.3, -0.25) is 14.9 Å². The van der Waals surface area contributed by atoms with Crippen LogP contribution in [0.2, 0.25) is 0 Å². The first-order valence-electron chi connectivity index (χ1n) is 30.6. The van der Waals surface area contributed by atoms with Crippen LogP contribution in [0.15, 0.2) is 52.8 Å². The number of fused-ring (bicyclic) bond motifs is 5. The Morgan fingerprint density at radius 2 is 1.79 bits per heavy atom. The minimum atomic E-state index is -1.49. The van der Waals surface area contributed by atoms with Crippen molar-refractivity contribution in [1.82, 2.24) is 10.2 Å². The van der Waals surface area contributed by atoms with E-state index in [-0.39, 0.29) is 65.9 Å². The van der Waals surface area contributed by atoms with Gasteiger partial charge in [0.2, 0.25) is 0 Å². The molecule has 8 saturated carbocycles. The summed E-state index contributed by atoms with van der Waals surface area (Å²) < 4.78 is 35.7. The van der Waals surface area contributed by atoms with Crippen LogP contribution in [0, 0.1) is 104 Å². The van der Waals surface area contributed by atoms with E-state index in [1.165, 1.54) is 31.3 Å². The third kappa shape index (κ3) is 5.05. The Balaban J connectivity index is 0.809. The van der Waals surface area contributed by atoms with E-state index in [9.17, 15) is 20.1 Å². The Kier molecular flexibility index (Phi) is 9.47. The van der Waals surface area contributed by atoms with Crippen LogP contribution in [-0.4, -0.2) is 106 Å². The molecule has 9 aliphatic carbocycles. The third-order valence-electron chi connectivity index (χ3n) is 27.6. The molecule has 6 spiro atoms. The van der Waals surface area contributed by atoms with Gasteiger partial charge in [0.15, 0.2) is 11.9 Å². The largest absolute Gasteiger partial charge is 0.469 e. The second-order valence-electron chi connectivity index (χ2n) is 29.3. The van der Waals surface area contributed by atoms with Crippen molar-refractivity contribution < 1.29 is 53.1 Å². The lowest BCUT2D eigenvalue weighted by Crippen LogP contribution is -2.80. The summed E-state index contributed by atoms with van der Waals surface area (Å²) >= 11 is 0. The van der Waals surface area contributed by atoms with Crippen LogP contribution in [0.4, 0.5) is 0 Å². The maximum Gasteiger partial charge on any atom is 0.339 e. The van der Waals surface area contributed by atoms with Gasteiger partial charge in [-0.1, -0.05) is 64.3 Å². The molecule has 0 radical (unpaired) electrons. The second kappa shape index (κ2) is 15.2. The highest BCUT2D eigenvalue weighted by Crippen LogP contribution is 2.90. The van der Waals surface area contributed by atoms with Gasteiger partial charge in [-0.25, -0.2) is 4.79 Å². The maximum atomic E-state index is 16.8. The highest BCUT2D eigenvalue weighted by atomic mass is 16.7. The van der Waals surface area contributed by atoms with Crippen LogP contribution < -0.4 is 5.32 Å². The zero-order valence-electron chi connectivity index (χ0n) is 44.8. The number of allylic oxidation sites excluding steroid dienone is 3. The van der Waals surface area contributed by atoms with Gasteiger partial charge in [-0.15, -0.1) is 0 Å². The average Bonchev–Trinajstić information content (AvgIpc) is 2.71. The Bertz CT molecular complexity index is 2830. The third-order valence-corrected chi connectivity index (χ3v) is 27.6. The van der Waals surface area contributed by atoms with Crippen molar-refractivity contribution >= 4 is 17.7 Å². The van der Waals surface area contributed by atoms with E-state index < -0.39 is 80.7 Å². The summed E-state index contributed by atoms with van der Waals surface area (Å²) in [6, 6.07) is 2.40. The monoisotopic (exact) mass is 1040 g/mol. The quantitative estimate of drug-likeness (QED) is 0.125. The van der Waals surface area contributed by atoms with E-state index >= 15 is 9.59 Å². The van der Waals surface area contributed by atoms with Gasteiger partial charge in [-0.05, 0) is 166 Å². The first-order valence-corrected chi connectivity index (χ1v) is 30.6. The van der Waals surface area contributed by atoms with Crippen molar-refractivity contribution in [3.63, 3.8) is 0 Å². The number of rotatable bonds is 6. The smallest absolute Gasteiger partial charge is 0.339 e. The van der Waals surface area contributed by atoms with E-state index in [0.29, 0.717) is 60.7 Å². The van der Waals surface area contributed by atoms with E-state index in [4.69, 9.17) is 23.4 Å². The highest BCUT2D eigenvalue weighted by molar-refractivity contribution is 5.94. The normalized spacial score (nSPS) is 56.6. The number of furan rings is 1. The second-order valence-corrected chi connectivity index (χ2v) is 29.3. The molecule has 408 valence electrons. The summed E-state index contributed by atoms with van der Waals surface area (Å²) in [6.45, 7) is 8.32. The molecule has 76 heavy (non-hydrogen) atoms. The highest BCUT2D eigenvalue weighted by Gasteiger charge is 2.98. The van der Waals surface area contributed by atoms with E-state index in [1.54, 1.807) is 6.26 Å². The van der Waals surface area contributed by atoms with Crippen molar-refractivity contribution in [3.05, 3.63) is 59.7 Å². The zero-order chi connectivity index (χ0) is 51.5. The van der Waals surface area contributed by atoms with Crippen LogP contribution in [0.1, 0.15) is 141 Å². The fraction of sp³-hybridized carbons (Fsp3) is 0.794. The number of nitrogens with zero attached hydrogens (tertiary/aromatic N) is 1. The van der Waals surface area contributed by atoms with Crippen LogP contribution >= 0.6 is 0 Å². The Morgan fingerprint density at radius 1 is 0.921 bits per heavy atom. The van der Waals surface area contributed by atoms with Crippen LogP contribution in [0.5, 0.6) is 0 Å². The van der Waals surface area contributed by atoms with Crippen LogP contribution in [0.3, 0.4) is 0 Å². The first-order chi connectivity index (χ1) is 36.7. The molecule has 13 nitrogen and oxygen atoms in total. The number of esters is 2. The van der Waals surface area contributed by atoms with Crippen molar-refractivity contribution in [2.75, 3.05) is 26.4 Å². The van der Waals surface area contributed by atoms with Gasteiger partial charge in [0, 0.05) is 46.7 Å². The van der Waals surface area contributed by atoms with Gasteiger partial charge >= 0.3 is 11.9 Å². The fourth-order valence-electron chi connectivity index (χ4n) is 25.3. The maximum absolute atomic E-state index is 16.8. The number of nitrogens with one attached hydrogen (secondary N) is 1. The number of cyclic esters (lactones) is 2. The molecular weight excluding hydrogens is 961 g/mol. The van der Waals surface area contributed by atoms with E-state index in [2.05, 4.69) is 61.5 Å². The predicted molar refractivity (Wildman–Crippen MR) is 274 cm³/mol. The molecular formula is C63H80N2O11. The molecule has 8 heterocycles. The van der Waals surface area contributed by atoms with Crippen LogP contribution in [0.25, 0.3) is 0 Å². The number of carbonyl (C=O) groups is 3. The Labute approximate surface area is 446 Å². The molecule has 7 aliphatic heterocycles. The zero-order valence-corrected chi connectivity index (χ0v) is 44.8. The number of hydrogen-bond acceptors (Lipinski definition) is 13. The standard InChI is InChI=1S/C63H80N2O11/c1-32-39-10-5-4-8-33(39)13-19-58(32)17-7-18-61-46(58)24-38-23-37-9-6-16-59(37)27-36-26-56(2)52(41-15-21-72-45(41)25-42(44(67)29-66)34-11-12-40-35(22-34)14-20-65-31-64-28-43(40)65)74-55(71)53-63(56,75-53)57(3)48(36)60(49(61)47(68)51(57)69)30-73-54(70)50(59)62(38,60)76-61/h13-15,19-21,24,32-37,39-40,42-44,46,48-53,64,66-67,69H,4-12,16-18,22-23,25-31H2,1-3H3. The van der Waals surface area contributed by atoms with E-state index in [1.807, 2.05) is 6.07 Å². The molecule has 5 saturated heterocycles. The van der Waals surface area contributed by atoms with Crippen molar-refractivity contribution in [3.8, 4) is 0 Å². The number of Topliss-reactive ketones (excluding diaryl/α,β-unsaturated/α-hetero) is 1. The molecule has 0 aromatic carbocycles.